The van der Waals surface area contributed by atoms with Crippen molar-refractivity contribution in [1.29, 1.82) is 0 Å². The minimum absolute atomic E-state index is 0.111. The van der Waals surface area contributed by atoms with Crippen LogP contribution in [0.5, 0.6) is 0 Å². The average Bonchev–Trinajstić information content (AvgIpc) is 2.66. The zero-order valence-electron chi connectivity index (χ0n) is 17.1. The number of hydrogen-bond acceptors (Lipinski definition) is 5. The molecule has 2 atom stereocenters. The highest BCUT2D eigenvalue weighted by atomic mass is 16.6. The Morgan fingerprint density at radius 2 is 1.71 bits per heavy atom. The summed E-state index contributed by atoms with van der Waals surface area (Å²) in [6.07, 6.45) is 7.44. The fraction of sp³-hybridized carbons (Fsp3) is 0.905. The predicted octanol–water partition coefficient (Wildman–Crippen LogP) is 2.00. The van der Waals surface area contributed by atoms with Crippen LogP contribution in [-0.2, 0) is 14.3 Å². The van der Waals surface area contributed by atoms with E-state index in [0.29, 0.717) is 25.9 Å². The number of likely N-dealkylation sites (tertiary alicyclic amines) is 1. The summed E-state index contributed by atoms with van der Waals surface area (Å²) in [5, 5.41) is 3.18. The lowest BCUT2D eigenvalue weighted by Crippen LogP contribution is -2.63. The van der Waals surface area contributed by atoms with E-state index in [2.05, 4.69) is 10.2 Å². The second-order valence-electron chi connectivity index (χ2n) is 8.93. The molecule has 7 heteroatoms. The molecule has 4 aliphatic rings. The molecule has 1 saturated carbocycles. The molecule has 3 saturated heterocycles. The maximum atomic E-state index is 12.5. The molecular weight excluding hydrogens is 358 g/mol. The molecule has 0 spiro atoms. The molecule has 3 aliphatic heterocycles. The van der Waals surface area contributed by atoms with Gasteiger partial charge >= 0.3 is 6.09 Å². The van der Waals surface area contributed by atoms with Crippen LogP contribution in [0.3, 0.4) is 0 Å². The number of morpholine rings is 1. The number of carbonyl (C=O) groups excluding carboxylic acids is 2. The Morgan fingerprint density at radius 1 is 1.04 bits per heavy atom. The van der Waals surface area contributed by atoms with E-state index < -0.39 is 0 Å². The monoisotopic (exact) mass is 393 g/mol. The number of nitrogens with one attached hydrogen (secondary N) is 1. The van der Waals surface area contributed by atoms with E-state index in [9.17, 15) is 9.59 Å². The number of amides is 2. The van der Waals surface area contributed by atoms with Crippen LogP contribution in [0.25, 0.3) is 0 Å². The number of fused-ring (bicyclic) bond motifs is 2. The Labute approximate surface area is 168 Å². The summed E-state index contributed by atoms with van der Waals surface area (Å²) in [5.74, 6) is 1.14. The van der Waals surface area contributed by atoms with Gasteiger partial charge in [0.05, 0.1) is 31.9 Å². The van der Waals surface area contributed by atoms with Crippen molar-refractivity contribution < 1.29 is 19.1 Å². The fourth-order valence-electron chi connectivity index (χ4n) is 5.29. The van der Waals surface area contributed by atoms with Crippen molar-refractivity contribution in [2.24, 2.45) is 11.8 Å². The van der Waals surface area contributed by atoms with Crippen molar-refractivity contribution in [3.8, 4) is 0 Å². The van der Waals surface area contributed by atoms with Crippen LogP contribution < -0.4 is 5.32 Å². The quantitative estimate of drug-likeness (QED) is 0.774. The zero-order valence-corrected chi connectivity index (χ0v) is 17.1. The molecule has 4 fully saturated rings. The largest absolute Gasteiger partial charge is 0.450 e. The van der Waals surface area contributed by atoms with E-state index in [0.717, 1.165) is 51.2 Å². The molecule has 2 unspecified atom stereocenters. The third kappa shape index (κ3) is 4.30. The molecule has 28 heavy (non-hydrogen) atoms. The Bertz CT molecular complexity index is 546. The normalized spacial score (nSPS) is 31.9. The van der Waals surface area contributed by atoms with Crippen LogP contribution in [0.1, 0.15) is 51.9 Å². The van der Waals surface area contributed by atoms with E-state index in [4.69, 9.17) is 9.47 Å². The molecule has 0 radical (unpaired) electrons. The van der Waals surface area contributed by atoms with Gasteiger partial charge in [0.1, 0.15) is 0 Å². The van der Waals surface area contributed by atoms with E-state index in [-0.39, 0.29) is 30.0 Å². The first-order chi connectivity index (χ1) is 13.7. The van der Waals surface area contributed by atoms with E-state index in [1.165, 1.54) is 19.3 Å². The third-order valence-corrected chi connectivity index (χ3v) is 7.18. The predicted molar refractivity (Wildman–Crippen MR) is 105 cm³/mol. The Morgan fingerprint density at radius 3 is 2.29 bits per heavy atom. The lowest BCUT2D eigenvalue weighted by atomic mass is 9.85. The van der Waals surface area contributed by atoms with Gasteiger partial charge in [-0.05, 0) is 64.5 Å². The highest BCUT2D eigenvalue weighted by Crippen LogP contribution is 2.33. The minimum atomic E-state index is -0.193. The summed E-state index contributed by atoms with van der Waals surface area (Å²) < 4.78 is 11.0. The summed E-state index contributed by atoms with van der Waals surface area (Å²) in [6.45, 7) is 6.29. The van der Waals surface area contributed by atoms with Gasteiger partial charge in [0.25, 0.3) is 0 Å². The molecule has 3 heterocycles. The van der Waals surface area contributed by atoms with E-state index >= 15 is 0 Å². The maximum Gasteiger partial charge on any atom is 0.410 e. The van der Waals surface area contributed by atoms with Crippen LogP contribution in [0.2, 0.25) is 0 Å². The SMILES string of the molecule is CCOC(=O)N1C2COCC1CC(N1CCC(C(=O)NCC3CCC3)CC1)C2. The smallest absolute Gasteiger partial charge is 0.410 e. The van der Waals surface area contributed by atoms with Gasteiger partial charge < -0.3 is 19.7 Å². The summed E-state index contributed by atoms with van der Waals surface area (Å²) >= 11 is 0. The van der Waals surface area contributed by atoms with Crippen LogP contribution in [0.4, 0.5) is 4.79 Å². The molecule has 0 aromatic rings. The Balaban J connectivity index is 1.26. The van der Waals surface area contributed by atoms with Gasteiger partial charge in [-0.2, -0.15) is 0 Å². The van der Waals surface area contributed by atoms with E-state index in [1.807, 2.05) is 11.8 Å². The van der Waals surface area contributed by atoms with Crippen LogP contribution in [0.15, 0.2) is 0 Å². The maximum absolute atomic E-state index is 12.5. The lowest BCUT2D eigenvalue weighted by molar-refractivity contribution is -0.127. The van der Waals surface area contributed by atoms with Crippen molar-refractivity contribution in [2.45, 2.75) is 70.0 Å². The van der Waals surface area contributed by atoms with Crippen LogP contribution in [0, 0.1) is 11.8 Å². The zero-order chi connectivity index (χ0) is 19.5. The first-order valence-corrected chi connectivity index (χ1v) is 11.2. The topological polar surface area (TPSA) is 71.1 Å². The van der Waals surface area contributed by atoms with Gasteiger partial charge in [-0.25, -0.2) is 4.79 Å². The van der Waals surface area contributed by atoms with Crippen molar-refractivity contribution in [3.63, 3.8) is 0 Å². The van der Waals surface area contributed by atoms with E-state index in [1.54, 1.807) is 0 Å². The third-order valence-electron chi connectivity index (χ3n) is 7.18. The van der Waals surface area contributed by atoms with Crippen LogP contribution in [-0.4, -0.2) is 79.4 Å². The first kappa shape index (κ1) is 20.0. The van der Waals surface area contributed by atoms with Crippen molar-refractivity contribution >= 4 is 12.0 Å². The molecule has 2 bridgehead atoms. The molecule has 1 N–H and O–H groups in total. The molecule has 0 aromatic carbocycles. The molecule has 7 nitrogen and oxygen atoms in total. The van der Waals surface area contributed by atoms with Gasteiger partial charge in [0, 0.05) is 18.5 Å². The molecule has 2 amide bonds. The van der Waals surface area contributed by atoms with Crippen molar-refractivity contribution in [2.75, 3.05) is 39.5 Å². The lowest BCUT2D eigenvalue weighted by Gasteiger charge is -2.50. The number of hydrogen-bond donors (Lipinski definition) is 1. The van der Waals surface area contributed by atoms with Gasteiger partial charge in [0.15, 0.2) is 0 Å². The van der Waals surface area contributed by atoms with Gasteiger partial charge in [-0.1, -0.05) is 6.42 Å². The summed E-state index contributed by atoms with van der Waals surface area (Å²) in [6, 6.07) is 0.698. The minimum Gasteiger partial charge on any atom is -0.450 e. The fourth-order valence-corrected chi connectivity index (χ4v) is 5.29. The van der Waals surface area contributed by atoms with Gasteiger partial charge in [-0.3, -0.25) is 9.69 Å². The van der Waals surface area contributed by atoms with Gasteiger partial charge in [0.2, 0.25) is 5.91 Å². The Hall–Kier alpha value is -1.34. The van der Waals surface area contributed by atoms with Crippen molar-refractivity contribution in [1.82, 2.24) is 15.1 Å². The molecule has 1 aliphatic carbocycles. The van der Waals surface area contributed by atoms with Gasteiger partial charge in [-0.15, -0.1) is 0 Å². The second kappa shape index (κ2) is 8.99. The molecular formula is C21H35N3O4. The Kier molecular flexibility index (Phi) is 6.41. The van der Waals surface area contributed by atoms with Crippen LogP contribution >= 0.6 is 0 Å². The number of nitrogens with zero attached hydrogens (tertiary/aromatic N) is 2. The molecule has 0 aromatic heterocycles. The number of ether oxygens (including phenoxy) is 2. The summed E-state index contributed by atoms with van der Waals surface area (Å²) in [7, 11) is 0. The summed E-state index contributed by atoms with van der Waals surface area (Å²) in [4.78, 5) is 29.3. The highest BCUT2D eigenvalue weighted by Gasteiger charge is 2.44. The molecule has 158 valence electrons. The number of carbonyl (C=O) groups is 2. The number of rotatable bonds is 5. The second-order valence-corrected chi connectivity index (χ2v) is 8.93. The van der Waals surface area contributed by atoms with Crippen molar-refractivity contribution in [3.05, 3.63) is 0 Å². The highest BCUT2D eigenvalue weighted by molar-refractivity contribution is 5.78. The summed E-state index contributed by atoms with van der Waals surface area (Å²) in [5.41, 5.74) is 0. The molecule has 4 rings (SSSR count). The first-order valence-electron chi connectivity index (χ1n) is 11.2. The standard InChI is InChI=1S/C21H35N3O4/c1-2-28-21(26)24-18-10-17(11-19(24)14-27-13-18)23-8-6-16(7-9-23)20(25)22-12-15-4-3-5-15/h15-19H,2-14H2,1H3,(H,22,25). The number of piperidine rings is 2. The average molecular weight is 394 g/mol.